The van der Waals surface area contributed by atoms with Crippen molar-refractivity contribution in [3.8, 4) is 0 Å². The van der Waals surface area contributed by atoms with Gasteiger partial charge in [0.2, 0.25) is 5.91 Å². The topological polar surface area (TPSA) is 41.1 Å². The van der Waals surface area contributed by atoms with Gasteiger partial charge < -0.3 is 10.6 Å². The van der Waals surface area contributed by atoms with Crippen molar-refractivity contribution in [2.45, 2.75) is 31.8 Å². The standard InChI is InChI=1S/C9H18N2OS/c1-7(9(12)10-2)11-8-3-5-13-6-4-8/h7-8,11H,3-6H2,1-2H3,(H,10,12)/t7-/m0/s1. The van der Waals surface area contributed by atoms with Crippen LogP contribution in [0.2, 0.25) is 0 Å². The van der Waals surface area contributed by atoms with E-state index in [4.69, 9.17) is 0 Å². The number of carbonyl (C=O) groups excluding carboxylic acids is 1. The molecule has 0 unspecified atom stereocenters. The van der Waals surface area contributed by atoms with Crippen LogP contribution in [0.3, 0.4) is 0 Å². The van der Waals surface area contributed by atoms with Crippen LogP contribution in [-0.4, -0.2) is 36.5 Å². The Labute approximate surface area is 84.0 Å². The maximum absolute atomic E-state index is 11.2. The summed E-state index contributed by atoms with van der Waals surface area (Å²) in [4.78, 5) is 11.2. The Morgan fingerprint density at radius 1 is 1.46 bits per heavy atom. The van der Waals surface area contributed by atoms with Crippen LogP contribution in [0.5, 0.6) is 0 Å². The number of rotatable bonds is 3. The van der Waals surface area contributed by atoms with Gasteiger partial charge in [0.25, 0.3) is 0 Å². The van der Waals surface area contributed by atoms with Crippen LogP contribution >= 0.6 is 11.8 Å². The number of hydrogen-bond acceptors (Lipinski definition) is 3. The monoisotopic (exact) mass is 202 g/mol. The van der Waals surface area contributed by atoms with E-state index >= 15 is 0 Å². The van der Waals surface area contributed by atoms with Crippen LogP contribution < -0.4 is 10.6 Å². The molecule has 2 N–H and O–H groups in total. The first-order valence-electron chi connectivity index (χ1n) is 4.79. The molecule has 13 heavy (non-hydrogen) atoms. The quantitative estimate of drug-likeness (QED) is 0.704. The summed E-state index contributed by atoms with van der Waals surface area (Å²) in [6.07, 6.45) is 2.37. The molecule has 1 heterocycles. The fourth-order valence-electron chi connectivity index (χ4n) is 1.51. The summed E-state index contributed by atoms with van der Waals surface area (Å²) in [5.41, 5.74) is 0. The van der Waals surface area contributed by atoms with Crippen LogP contribution in [0.1, 0.15) is 19.8 Å². The van der Waals surface area contributed by atoms with Crippen LogP contribution in [0.4, 0.5) is 0 Å². The Kier molecular flexibility index (Phi) is 4.59. The van der Waals surface area contributed by atoms with E-state index in [0.717, 1.165) is 0 Å². The molecular weight excluding hydrogens is 184 g/mol. The molecule has 0 aromatic carbocycles. The van der Waals surface area contributed by atoms with Crippen molar-refractivity contribution in [1.29, 1.82) is 0 Å². The van der Waals surface area contributed by atoms with Gasteiger partial charge in [-0.15, -0.1) is 0 Å². The Morgan fingerprint density at radius 3 is 2.62 bits per heavy atom. The molecule has 0 aromatic rings. The van der Waals surface area contributed by atoms with E-state index in [2.05, 4.69) is 10.6 Å². The lowest BCUT2D eigenvalue weighted by atomic mass is 10.1. The zero-order chi connectivity index (χ0) is 9.68. The molecule has 76 valence electrons. The molecule has 1 rings (SSSR count). The molecule has 1 aliphatic heterocycles. The van der Waals surface area contributed by atoms with E-state index in [9.17, 15) is 4.79 Å². The van der Waals surface area contributed by atoms with Crippen molar-refractivity contribution < 1.29 is 4.79 Å². The molecule has 1 atom stereocenters. The lowest BCUT2D eigenvalue weighted by Crippen LogP contribution is -2.46. The molecule has 1 aliphatic rings. The summed E-state index contributed by atoms with van der Waals surface area (Å²) in [7, 11) is 1.68. The molecule has 0 saturated carbocycles. The summed E-state index contributed by atoms with van der Waals surface area (Å²) in [6, 6.07) is 0.478. The average Bonchev–Trinajstić information content (AvgIpc) is 2.18. The molecule has 1 amide bonds. The minimum atomic E-state index is -0.0573. The van der Waals surface area contributed by atoms with Crippen LogP contribution in [-0.2, 0) is 4.79 Å². The van der Waals surface area contributed by atoms with Gasteiger partial charge in [-0.2, -0.15) is 11.8 Å². The number of amides is 1. The van der Waals surface area contributed by atoms with Gasteiger partial charge in [0.05, 0.1) is 6.04 Å². The van der Waals surface area contributed by atoms with Crippen LogP contribution in [0.25, 0.3) is 0 Å². The molecular formula is C9H18N2OS. The largest absolute Gasteiger partial charge is 0.358 e. The third kappa shape index (κ3) is 3.56. The smallest absolute Gasteiger partial charge is 0.236 e. The lowest BCUT2D eigenvalue weighted by Gasteiger charge is -2.25. The molecule has 0 aliphatic carbocycles. The van der Waals surface area contributed by atoms with Gasteiger partial charge >= 0.3 is 0 Å². The molecule has 1 fully saturated rings. The highest BCUT2D eigenvalue weighted by atomic mass is 32.2. The fourth-order valence-corrected chi connectivity index (χ4v) is 2.62. The van der Waals surface area contributed by atoms with Crippen LogP contribution in [0.15, 0.2) is 0 Å². The molecule has 0 spiro atoms. The van der Waals surface area contributed by atoms with Crippen molar-refractivity contribution in [3.05, 3.63) is 0 Å². The number of likely N-dealkylation sites (N-methyl/N-ethyl adjacent to an activating group) is 1. The zero-order valence-electron chi connectivity index (χ0n) is 8.30. The molecule has 0 radical (unpaired) electrons. The predicted octanol–water partition coefficient (Wildman–Crippen LogP) is 0.606. The van der Waals surface area contributed by atoms with E-state index in [1.165, 1.54) is 24.3 Å². The van der Waals surface area contributed by atoms with Gasteiger partial charge in [-0.1, -0.05) is 0 Å². The van der Waals surface area contributed by atoms with Crippen molar-refractivity contribution in [1.82, 2.24) is 10.6 Å². The summed E-state index contributed by atoms with van der Waals surface area (Å²) >= 11 is 2.00. The first-order valence-corrected chi connectivity index (χ1v) is 5.95. The molecule has 1 saturated heterocycles. The minimum Gasteiger partial charge on any atom is -0.358 e. The lowest BCUT2D eigenvalue weighted by molar-refractivity contribution is -0.122. The first kappa shape index (κ1) is 10.9. The van der Waals surface area contributed by atoms with E-state index in [-0.39, 0.29) is 11.9 Å². The highest BCUT2D eigenvalue weighted by molar-refractivity contribution is 7.99. The van der Waals surface area contributed by atoms with Gasteiger partial charge in [-0.3, -0.25) is 4.79 Å². The summed E-state index contributed by atoms with van der Waals surface area (Å²) in [5.74, 6) is 2.52. The second-order valence-corrected chi connectivity index (χ2v) is 4.61. The average molecular weight is 202 g/mol. The number of nitrogens with one attached hydrogen (secondary N) is 2. The molecule has 0 bridgehead atoms. The SMILES string of the molecule is CNC(=O)[C@H](C)NC1CCSCC1. The fraction of sp³-hybridized carbons (Fsp3) is 0.889. The number of hydrogen-bond donors (Lipinski definition) is 2. The first-order chi connectivity index (χ1) is 6.24. The van der Waals surface area contributed by atoms with Crippen molar-refractivity contribution >= 4 is 17.7 Å². The van der Waals surface area contributed by atoms with Gasteiger partial charge in [0.15, 0.2) is 0 Å². The van der Waals surface area contributed by atoms with Crippen molar-refractivity contribution in [2.75, 3.05) is 18.6 Å². The van der Waals surface area contributed by atoms with E-state index < -0.39 is 0 Å². The second kappa shape index (κ2) is 5.50. The minimum absolute atomic E-state index is 0.0573. The molecule has 3 nitrogen and oxygen atoms in total. The Bertz CT molecular complexity index is 169. The summed E-state index contributed by atoms with van der Waals surface area (Å²) < 4.78 is 0. The Balaban J connectivity index is 2.25. The third-order valence-corrected chi connectivity index (χ3v) is 3.40. The zero-order valence-corrected chi connectivity index (χ0v) is 9.12. The van der Waals surface area contributed by atoms with E-state index in [1.807, 2.05) is 18.7 Å². The second-order valence-electron chi connectivity index (χ2n) is 3.39. The van der Waals surface area contributed by atoms with E-state index in [1.54, 1.807) is 7.05 Å². The Hall–Kier alpha value is -0.220. The maximum atomic E-state index is 11.2. The highest BCUT2D eigenvalue weighted by Crippen LogP contribution is 2.17. The van der Waals surface area contributed by atoms with Crippen molar-refractivity contribution in [2.24, 2.45) is 0 Å². The predicted molar refractivity (Wildman–Crippen MR) is 57.0 cm³/mol. The van der Waals surface area contributed by atoms with E-state index in [0.29, 0.717) is 6.04 Å². The Morgan fingerprint density at radius 2 is 2.08 bits per heavy atom. The van der Waals surface area contributed by atoms with Gasteiger partial charge in [-0.25, -0.2) is 0 Å². The van der Waals surface area contributed by atoms with Gasteiger partial charge in [0, 0.05) is 13.1 Å². The summed E-state index contributed by atoms with van der Waals surface area (Å²) in [5, 5.41) is 5.99. The highest BCUT2D eigenvalue weighted by Gasteiger charge is 2.18. The van der Waals surface area contributed by atoms with Crippen LogP contribution in [0, 0.1) is 0 Å². The molecule has 4 heteroatoms. The van der Waals surface area contributed by atoms with Crippen molar-refractivity contribution in [3.63, 3.8) is 0 Å². The maximum Gasteiger partial charge on any atom is 0.236 e. The van der Waals surface area contributed by atoms with Gasteiger partial charge in [-0.05, 0) is 31.3 Å². The number of carbonyl (C=O) groups is 1. The normalized spacial score (nSPS) is 21.1. The third-order valence-electron chi connectivity index (χ3n) is 2.35. The van der Waals surface area contributed by atoms with Gasteiger partial charge in [0.1, 0.15) is 0 Å². The summed E-state index contributed by atoms with van der Waals surface area (Å²) in [6.45, 7) is 1.92. The molecule has 0 aromatic heterocycles. The number of thioether (sulfide) groups is 1.